The molecule has 1 N–H and O–H groups in total. The summed E-state index contributed by atoms with van der Waals surface area (Å²) in [5, 5.41) is 3.44. The SMILES string of the molecule is CCOc1ccccc1CCCCNC(C)C. The third-order valence-electron chi connectivity index (χ3n) is 2.70. The van der Waals surface area contributed by atoms with Gasteiger partial charge in [0.05, 0.1) is 6.61 Å². The molecule has 17 heavy (non-hydrogen) atoms. The molecule has 1 aromatic carbocycles. The molecule has 0 unspecified atom stereocenters. The van der Waals surface area contributed by atoms with Gasteiger partial charge >= 0.3 is 0 Å². The van der Waals surface area contributed by atoms with Crippen molar-refractivity contribution >= 4 is 0 Å². The molecule has 0 aromatic heterocycles. The highest BCUT2D eigenvalue weighted by molar-refractivity contribution is 5.33. The Labute approximate surface area is 105 Å². The molecule has 0 radical (unpaired) electrons. The zero-order valence-corrected chi connectivity index (χ0v) is 11.3. The van der Waals surface area contributed by atoms with Gasteiger partial charge in [-0.1, -0.05) is 32.0 Å². The predicted molar refractivity (Wildman–Crippen MR) is 73.7 cm³/mol. The molecular weight excluding hydrogens is 210 g/mol. The van der Waals surface area contributed by atoms with E-state index in [1.54, 1.807) is 0 Å². The third kappa shape index (κ3) is 5.73. The number of hydrogen-bond donors (Lipinski definition) is 1. The second-order valence-corrected chi connectivity index (χ2v) is 4.61. The first-order valence-electron chi connectivity index (χ1n) is 6.68. The van der Waals surface area contributed by atoms with E-state index >= 15 is 0 Å². The summed E-state index contributed by atoms with van der Waals surface area (Å²) in [6.07, 6.45) is 3.54. The minimum Gasteiger partial charge on any atom is -0.494 e. The van der Waals surface area contributed by atoms with E-state index in [0.29, 0.717) is 6.04 Å². The average molecular weight is 235 g/mol. The minimum absolute atomic E-state index is 0.589. The molecule has 0 saturated heterocycles. The lowest BCUT2D eigenvalue weighted by atomic mass is 10.1. The van der Waals surface area contributed by atoms with Crippen molar-refractivity contribution in [2.75, 3.05) is 13.2 Å². The van der Waals surface area contributed by atoms with Crippen LogP contribution in [-0.2, 0) is 6.42 Å². The molecule has 1 rings (SSSR count). The highest BCUT2D eigenvalue weighted by Gasteiger charge is 2.01. The first kappa shape index (κ1) is 14.0. The van der Waals surface area contributed by atoms with Crippen molar-refractivity contribution in [2.24, 2.45) is 0 Å². The van der Waals surface area contributed by atoms with E-state index in [2.05, 4.69) is 37.4 Å². The second kappa shape index (κ2) is 8.13. The summed E-state index contributed by atoms with van der Waals surface area (Å²) in [6, 6.07) is 8.94. The van der Waals surface area contributed by atoms with Crippen LogP contribution >= 0.6 is 0 Å². The normalized spacial score (nSPS) is 10.8. The maximum Gasteiger partial charge on any atom is 0.122 e. The molecule has 0 atom stereocenters. The van der Waals surface area contributed by atoms with Gasteiger partial charge in [-0.15, -0.1) is 0 Å². The summed E-state index contributed by atoms with van der Waals surface area (Å²) in [5.41, 5.74) is 1.33. The van der Waals surface area contributed by atoms with Crippen LogP contribution in [0.25, 0.3) is 0 Å². The monoisotopic (exact) mass is 235 g/mol. The first-order chi connectivity index (χ1) is 8.24. The van der Waals surface area contributed by atoms with E-state index in [1.807, 2.05) is 13.0 Å². The van der Waals surface area contributed by atoms with Crippen LogP contribution in [0.4, 0.5) is 0 Å². The van der Waals surface area contributed by atoms with Gasteiger partial charge in [-0.2, -0.15) is 0 Å². The van der Waals surface area contributed by atoms with Gasteiger partial charge in [-0.25, -0.2) is 0 Å². The number of rotatable bonds is 8. The number of nitrogens with one attached hydrogen (secondary N) is 1. The fourth-order valence-electron chi connectivity index (χ4n) is 1.84. The van der Waals surface area contributed by atoms with E-state index in [4.69, 9.17) is 4.74 Å². The zero-order chi connectivity index (χ0) is 12.5. The number of hydrogen-bond acceptors (Lipinski definition) is 2. The summed E-state index contributed by atoms with van der Waals surface area (Å²) < 4.78 is 5.62. The predicted octanol–water partition coefficient (Wildman–Crippen LogP) is 3.41. The lowest BCUT2D eigenvalue weighted by Crippen LogP contribution is -2.23. The van der Waals surface area contributed by atoms with Gasteiger partial charge in [0.25, 0.3) is 0 Å². The molecule has 0 heterocycles. The van der Waals surface area contributed by atoms with Crippen molar-refractivity contribution in [3.8, 4) is 5.75 Å². The van der Waals surface area contributed by atoms with E-state index in [9.17, 15) is 0 Å². The molecule has 0 aliphatic carbocycles. The van der Waals surface area contributed by atoms with Gasteiger partial charge < -0.3 is 10.1 Å². The first-order valence-corrected chi connectivity index (χ1v) is 6.68. The lowest BCUT2D eigenvalue weighted by molar-refractivity contribution is 0.336. The second-order valence-electron chi connectivity index (χ2n) is 4.61. The van der Waals surface area contributed by atoms with Crippen LogP contribution in [-0.4, -0.2) is 19.2 Å². The van der Waals surface area contributed by atoms with Gasteiger partial charge in [-0.3, -0.25) is 0 Å². The molecule has 96 valence electrons. The topological polar surface area (TPSA) is 21.3 Å². The van der Waals surface area contributed by atoms with Crippen molar-refractivity contribution in [1.29, 1.82) is 0 Å². The number of para-hydroxylation sites is 1. The number of aryl methyl sites for hydroxylation is 1. The minimum atomic E-state index is 0.589. The highest BCUT2D eigenvalue weighted by atomic mass is 16.5. The molecule has 0 fully saturated rings. The van der Waals surface area contributed by atoms with Gasteiger partial charge in [0.2, 0.25) is 0 Å². The van der Waals surface area contributed by atoms with Crippen LogP contribution in [0, 0.1) is 0 Å². The molecule has 0 aliphatic rings. The molecule has 2 nitrogen and oxygen atoms in total. The van der Waals surface area contributed by atoms with Crippen molar-refractivity contribution in [1.82, 2.24) is 5.32 Å². The molecule has 2 heteroatoms. The zero-order valence-electron chi connectivity index (χ0n) is 11.3. The van der Waals surface area contributed by atoms with Crippen LogP contribution in [0.5, 0.6) is 5.75 Å². The van der Waals surface area contributed by atoms with Gasteiger partial charge in [0, 0.05) is 6.04 Å². The Kier molecular flexibility index (Phi) is 6.71. The van der Waals surface area contributed by atoms with Gasteiger partial charge in [0.1, 0.15) is 5.75 Å². The number of unbranched alkanes of at least 4 members (excludes halogenated alkanes) is 1. The van der Waals surface area contributed by atoms with Crippen molar-refractivity contribution < 1.29 is 4.74 Å². The average Bonchev–Trinajstić information content (AvgIpc) is 2.31. The Balaban J connectivity index is 2.30. The molecule has 0 spiro atoms. The van der Waals surface area contributed by atoms with Gasteiger partial charge in [-0.05, 0) is 44.4 Å². The van der Waals surface area contributed by atoms with Crippen LogP contribution in [0.2, 0.25) is 0 Å². The Bertz CT molecular complexity index is 310. The quantitative estimate of drug-likeness (QED) is 0.697. The van der Waals surface area contributed by atoms with E-state index in [0.717, 1.165) is 25.3 Å². The summed E-state index contributed by atoms with van der Waals surface area (Å²) in [7, 11) is 0. The fraction of sp³-hybridized carbons (Fsp3) is 0.600. The number of benzene rings is 1. The Morgan fingerprint density at radius 3 is 2.65 bits per heavy atom. The van der Waals surface area contributed by atoms with Crippen LogP contribution in [0.1, 0.15) is 39.2 Å². The van der Waals surface area contributed by atoms with Crippen LogP contribution < -0.4 is 10.1 Å². The smallest absolute Gasteiger partial charge is 0.122 e. The van der Waals surface area contributed by atoms with Crippen molar-refractivity contribution in [2.45, 2.75) is 46.1 Å². The molecular formula is C15H25NO. The largest absolute Gasteiger partial charge is 0.494 e. The summed E-state index contributed by atoms with van der Waals surface area (Å²) in [5.74, 6) is 1.05. The maximum absolute atomic E-state index is 5.62. The fourth-order valence-corrected chi connectivity index (χ4v) is 1.84. The Morgan fingerprint density at radius 2 is 1.94 bits per heavy atom. The Hall–Kier alpha value is -1.02. The van der Waals surface area contributed by atoms with Crippen LogP contribution in [0.15, 0.2) is 24.3 Å². The summed E-state index contributed by atoms with van der Waals surface area (Å²) >= 11 is 0. The molecule has 0 amide bonds. The highest BCUT2D eigenvalue weighted by Crippen LogP contribution is 2.19. The summed E-state index contributed by atoms with van der Waals surface area (Å²) in [4.78, 5) is 0. The van der Waals surface area contributed by atoms with Crippen molar-refractivity contribution in [3.63, 3.8) is 0 Å². The third-order valence-corrected chi connectivity index (χ3v) is 2.70. The van der Waals surface area contributed by atoms with Gasteiger partial charge in [0.15, 0.2) is 0 Å². The van der Waals surface area contributed by atoms with Crippen molar-refractivity contribution in [3.05, 3.63) is 29.8 Å². The maximum atomic E-state index is 5.62. The molecule has 0 saturated carbocycles. The Morgan fingerprint density at radius 1 is 1.18 bits per heavy atom. The standard InChI is InChI=1S/C15H25NO/c1-4-17-15-11-6-5-9-14(15)10-7-8-12-16-13(2)3/h5-6,9,11,13,16H,4,7-8,10,12H2,1-3H3. The van der Waals surface area contributed by atoms with E-state index in [-0.39, 0.29) is 0 Å². The van der Waals surface area contributed by atoms with E-state index in [1.165, 1.54) is 18.4 Å². The van der Waals surface area contributed by atoms with Crippen LogP contribution in [0.3, 0.4) is 0 Å². The summed E-state index contributed by atoms with van der Waals surface area (Å²) in [6.45, 7) is 8.25. The number of ether oxygens (including phenoxy) is 1. The molecule has 0 aliphatic heterocycles. The lowest BCUT2D eigenvalue weighted by Gasteiger charge is -2.10. The molecule has 0 bridgehead atoms. The molecule has 1 aromatic rings. The van der Waals surface area contributed by atoms with E-state index < -0.39 is 0 Å².